The van der Waals surface area contributed by atoms with Gasteiger partial charge in [0.2, 0.25) is 0 Å². The molecular formula is C45H31N5OPt. The van der Waals surface area contributed by atoms with Crippen LogP contribution in [0.25, 0.3) is 77.0 Å². The fraction of sp³-hybridized carbons (Fsp3) is 0.0889. The molecule has 0 aliphatic heterocycles. The second-order valence-electron chi connectivity index (χ2n) is 13.4. The van der Waals surface area contributed by atoms with E-state index in [1.54, 1.807) is 6.20 Å². The molecule has 0 N–H and O–H groups in total. The molecule has 252 valence electrons. The van der Waals surface area contributed by atoms with E-state index in [0.29, 0.717) is 11.5 Å². The Kier molecular flexibility index (Phi) is 7.49. The molecule has 0 amide bonds. The van der Waals surface area contributed by atoms with Crippen LogP contribution in [0.5, 0.6) is 11.5 Å². The molecule has 5 aromatic carbocycles. The van der Waals surface area contributed by atoms with E-state index < -0.39 is 0 Å². The van der Waals surface area contributed by atoms with Crippen LogP contribution in [0.3, 0.4) is 0 Å². The topological polar surface area (TPSA) is 56.7 Å². The van der Waals surface area contributed by atoms with Gasteiger partial charge >= 0.3 is 21.1 Å². The molecule has 0 saturated heterocycles. The third kappa shape index (κ3) is 4.78. The van der Waals surface area contributed by atoms with Gasteiger partial charge in [0.25, 0.3) is 0 Å². The number of nitrogens with zero attached hydrogens (tertiary/aromatic N) is 5. The van der Waals surface area contributed by atoms with E-state index in [9.17, 15) is 0 Å². The second-order valence-corrected chi connectivity index (χ2v) is 13.4. The maximum atomic E-state index is 6.49. The van der Waals surface area contributed by atoms with Crippen LogP contribution in [0.15, 0.2) is 116 Å². The van der Waals surface area contributed by atoms with Crippen LogP contribution < -0.4 is 4.74 Å². The zero-order valence-corrected chi connectivity index (χ0v) is 31.2. The molecule has 7 heteroatoms. The number of pyridine rings is 3. The third-order valence-electron chi connectivity index (χ3n) is 10.3. The third-order valence-corrected chi connectivity index (χ3v) is 10.3. The number of aromatic nitrogens is 5. The first-order valence-corrected chi connectivity index (χ1v) is 17.1. The van der Waals surface area contributed by atoms with Gasteiger partial charge in [-0.3, -0.25) is 15.0 Å². The van der Waals surface area contributed by atoms with Crippen molar-refractivity contribution in [3.05, 3.63) is 150 Å². The van der Waals surface area contributed by atoms with E-state index in [1.165, 1.54) is 44.5 Å². The largest absolute Gasteiger partial charge is 2.00 e. The van der Waals surface area contributed by atoms with Gasteiger partial charge in [0.1, 0.15) is 0 Å². The van der Waals surface area contributed by atoms with Crippen LogP contribution in [0.2, 0.25) is 0 Å². The number of benzene rings is 5. The molecule has 0 fully saturated rings. The quantitative estimate of drug-likeness (QED) is 0.131. The first-order valence-electron chi connectivity index (χ1n) is 17.1. The average molecular weight is 853 g/mol. The standard InChI is InChI=1S/C45H31N5O.Pt/c1-26-8-5-9-27(2)41(26)35-24-34-32-15-13-30(51-31-14-16-33-38(23-31)45-48-18-20-49(45)39-12-7-17-46-43(33)39)22-37(32)44-47-19-21-50(44)40(34)25-36(35)42-28(3)10-6-11-29(42)4;/h5-21,24-25H,1-4H3;/q-2;+2. The molecule has 0 aliphatic rings. The molecule has 0 atom stereocenters. The molecule has 10 aromatic rings. The summed E-state index contributed by atoms with van der Waals surface area (Å²) < 4.78 is 10.7. The number of aryl methyl sites for hydroxylation is 4. The van der Waals surface area contributed by atoms with Gasteiger partial charge in [0, 0.05) is 48.0 Å². The number of imidazole rings is 2. The number of hydrogen-bond acceptors (Lipinski definition) is 4. The molecule has 0 spiro atoms. The minimum absolute atomic E-state index is 0. The van der Waals surface area contributed by atoms with Crippen molar-refractivity contribution in [1.29, 1.82) is 0 Å². The van der Waals surface area contributed by atoms with Crippen LogP contribution in [-0.4, -0.2) is 23.8 Å². The van der Waals surface area contributed by atoms with Gasteiger partial charge in [-0.1, -0.05) is 88.3 Å². The minimum Gasteiger partial charge on any atom is -0.497 e. The fourth-order valence-corrected chi connectivity index (χ4v) is 8.02. The van der Waals surface area contributed by atoms with Gasteiger partial charge in [0.15, 0.2) is 0 Å². The van der Waals surface area contributed by atoms with E-state index in [4.69, 9.17) is 9.72 Å². The SMILES string of the molecule is Cc1cccc(C)c1-c1cc2c3ccc(Oc4[c-]c5c(cc4)c4ncccc4n4ccnc54)[c-]c3c3nccn3c2cc1-c1c(C)cccc1C.[Pt+2]. The molecule has 6 nitrogen and oxygen atoms in total. The molecule has 0 bridgehead atoms. The molecule has 0 radical (unpaired) electrons. The number of hydrogen-bond donors (Lipinski definition) is 0. The molecular weight excluding hydrogens is 822 g/mol. The van der Waals surface area contributed by atoms with Crippen molar-refractivity contribution in [3.8, 4) is 33.8 Å². The van der Waals surface area contributed by atoms with Gasteiger partial charge in [-0.15, -0.1) is 12.1 Å². The summed E-state index contributed by atoms with van der Waals surface area (Å²) in [5, 5.41) is 4.92. The Bertz CT molecular complexity index is 3030. The van der Waals surface area contributed by atoms with E-state index in [1.807, 2.05) is 53.5 Å². The van der Waals surface area contributed by atoms with Crippen molar-refractivity contribution in [2.24, 2.45) is 0 Å². The Balaban J connectivity index is 0.00000360. The summed E-state index contributed by atoms with van der Waals surface area (Å²) in [5.41, 5.74) is 14.6. The van der Waals surface area contributed by atoms with Crippen molar-refractivity contribution < 1.29 is 25.8 Å². The van der Waals surface area contributed by atoms with Crippen molar-refractivity contribution in [3.63, 3.8) is 0 Å². The molecule has 5 aromatic heterocycles. The first kappa shape index (κ1) is 32.1. The van der Waals surface area contributed by atoms with Gasteiger partial charge in [0.05, 0.1) is 22.3 Å². The Labute approximate surface area is 314 Å². The number of ether oxygens (including phenoxy) is 1. The first-order chi connectivity index (χ1) is 24.9. The van der Waals surface area contributed by atoms with Crippen molar-refractivity contribution >= 4 is 54.8 Å². The van der Waals surface area contributed by atoms with Gasteiger partial charge < -0.3 is 13.5 Å². The molecule has 0 saturated carbocycles. The Hall–Kier alpha value is -5.84. The maximum Gasteiger partial charge on any atom is 2.00 e. The molecule has 52 heavy (non-hydrogen) atoms. The monoisotopic (exact) mass is 852 g/mol. The molecule has 0 unspecified atom stereocenters. The fourth-order valence-electron chi connectivity index (χ4n) is 8.02. The predicted octanol–water partition coefficient (Wildman–Crippen LogP) is 10.9. The van der Waals surface area contributed by atoms with E-state index in [-0.39, 0.29) is 21.1 Å². The van der Waals surface area contributed by atoms with Crippen LogP contribution in [0, 0.1) is 39.8 Å². The van der Waals surface area contributed by atoms with Crippen LogP contribution in [0.4, 0.5) is 0 Å². The summed E-state index contributed by atoms with van der Waals surface area (Å²) in [5.74, 6) is 1.16. The Morgan fingerprint density at radius 1 is 0.519 bits per heavy atom. The van der Waals surface area contributed by atoms with Crippen LogP contribution >= 0.6 is 0 Å². The molecule has 10 rings (SSSR count). The predicted molar refractivity (Wildman–Crippen MR) is 206 cm³/mol. The van der Waals surface area contributed by atoms with Crippen molar-refractivity contribution in [2.45, 2.75) is 27.7 Å². The molecule has 0 aliphatic carbocycles. The van der Waals surface area contributed by atoms with Crippen LogP contribution in [-0.2, 0) is 21.1 Å². The number of rotatable bonds is 4. The van der Waals surface area contributed by atoms with E-state index in [0.717, 1.165) is 54.8 Å². The van der Waals surface area contributed by atoms with E-state index in [2.05, 4.69) is 115 Å². The van der Waals surface area contributed by atoms with E-state index >= 15 is 0 Å². The normalized spacial score (nSPS) is 11.7. The summed E-state index contributed by atoms with van der Waals surface area (Å²) >= 11 is 0. The average Bonchev–Trinajstić information content (AvgIpc) is 3.84. The summed E-state index contributed by atoms with van der Waals surface area (Å²) in [6.45, 7) is 8.81. The van der Waals surface area contributed by atoms with Gasteiger partial charge in [-0.25, -0.2) is 0 Å². The maximum absolute atomic E-state index is 6.49. The van der Waals surface area contributed by atoms with Gasteiger partial charge in [-0.2, -0.15) is 0 Å². The summed E-state index contributed by atoms with van der Waals surface area (Å²) in [6.07, 6.45) is 9.47. The van der Waals surface area contributed by atoms with Crippen molar-refractivity contribution in [2.75, 3.05) is 0 Å². The number of fused-ring (bicyclic) bond motifs is 12. The second kappa shape index (κ2) is 12.1. The Morgan fingerprint density at radius 2 is 1.06 bits per heavy atom. The minimum atomic E-state index is 0. The van der Waals surface area contributed by atoms with Gasteiger partial charge in [-0.05, 0) is 95.8 Å². The summed E-state index contributed by atoms with van der Waals surface area (Å²) in [4.78, 5) is 14.2. The zero-order chi connectivity index (χ0) is 34.4. The summed E-state index contributed by atoms with van der Waals surface area (Å²) in [6, 6.07) is 37.0. The zero-order valence-electron chi connectivity index (χ0n) is 28.9. The summed E-state index contributed by atoms with van der Waals surface area (Å²) in [7, 11) is 0. The Morgan fingerprint density at radius 3 is 1.67 bits per heavy atom. The van der Waals surface area contributed by atoms with Crippen molar-refractivity contribution in [1.82, 2.24) is 23.8 Å². The smallest absolute Gasteiger partial charge is 0.497 e. The molecule has 5 heterocycles. The van der Waals surface area contributed by atoms with Crippen LogP contribution in [0.1, 0.15) is 22.3 Å².